The number of nitriles is 2. The summed E-state index contributed by atoms with van der Waals surface area (Å²) in [6.45, 7) is 4.98. The van der Waals surface area contributed by atoms with Crippen LogP contribution in [0.25, 0.3) is 0 Å². The molecule has 1 heterocycles. The van der Waals surface area contributed by atoms with Crippen molar-refractivity contribution < 1.29 is 0 Å². The normalized spacial score (nSPS) is 16.8. The van der Waals surface area contributed by atoms with Crippen molar-refractivity contribution in [2.24, 2.45) is 5.92 Å². The van der Waals surface area contributed by atoms with Crippen LogP contribution in [0.2, 0.25) is 0 Å². The molecule has 1 aliphatic rings. The number of rotatable bonds is 6. The fourth-order valence-corrected chi connectivity index (χ4v) is 3.52. The van der Waals surface area contributed by atoms with Gasteiger partial charge in [0.2, 0.25) is 0 Å². The van der Waals surface area contributed by atoms with E-state index in [0.717, 1.165) is 32.7 Å². The van der Waals surface area contributed by atoms with Crippen molar-refractivity contribution in [2.75, 3.05) is 19.6 Å². The van der Waals surface area contributed by atoms with Crippen LogP contribution < -0.4 is 5.32 Å². The zero-order valence-electron chi connectivity index (χ0n) is 15.0. The molecule has 0 aromatic heterocycles. The first-order valence-electron chi connectivity index (χ1n) is 9.18. The van der Waals surface area contributed by atoms with Crippen LogP contribution in [0.1, 0.15) is 35.1 Å². The summed E-state index contributed by atoms with van der Waals surface area (Å²) in [5.41, 5.74) is 3.84. The van der Waals surface area contributed by atoms with Crippen molar-refractivity contribution in [3.05, 3.63) is 70.8 Å². The van der Waals surface area contributed by atoms with Crippen molar-refractivity contribution in [3.8, 4) is 12.1 Å². The van der Waals surface area contributed by atoms with E-state index in [4.69, 9.17) is 10.5 Å². The summed E-state index contributed by atoms with van der Waals surface area (Å²) in [5, 5.41) is 21.4. The highest BCUT2D eigenvalue weighted by Crippen LogP contribution is 2.17. The van der Waals surface area contributed by atoms with Crippen LogP contribution in [0.4, 0.5) is 0 Å². The summed E-state index contributed by atoms with van der Waals surface area (Å²) in [6, 6.07) is 20.1. The Balaban J connectivity index is 1.71. The van der Waals surface area contributed by atoms with Gasteiger partial charge in [-0.1, -0.05) is 24.3 Å². The van der Waals surface area contributed by atoms with E-state index >= 15 is 0 Å². The third kappa shape index (κ3) is 5.17. The number of nitrogens with zero attached hydrogens (tertiary/aromatic N) is 3. The molecule has 1 saturated heterocycles. The van der Waals surface area contributed by atoms with Crippen LogP contribution >= 0.6 is 0 Å². The second kappa shape index (κ2) is 9.15. The highest BCUT2D eigenvalue weighted by atomic mass is 15.1. The lowest BCUT2D eigenvalue weighted by Crippen LogP contribution is -2.37. The van der Waals surface area contributed by atoms with E-state index in [2.05, 4.69) is 22.4 Å². The Morgan fingerprint density at radius 1 is 0.885 bits per heavy atom. The maximum absolute atomic E-state index is 8.97. The molecule has 1 unspecified atom stereocenters. The summed E-state index contributed by atoms with van der Waals surface area (Å²) in [7, 11) is 0. The molecule has 4 nitrogen and oxygen atoms in total. The Morgan fingerprint density at radius 2 is 1.42 bits per heavy atom. The van der Waals surface area contributed by atoms with Crippen LogP contribution in [0.5, 0.6) is 0 Å². The zero-order chi connectivity index (χ0) is 18.2. The van der Waals surface area contributed by atoms with Gasteiger partial charge in [0.15, 0.2) is 0 Å². The van der Waals surface area contributed by atoms with Crippen LogP contribution in [0.15, 0.2) is 48.5 Å². The van der Waals surface area contributed by atoms with Gasteiger partial charge in [0.05, 0.1) is 23.3 Å². The summed E-state index contributed by atoms with van der Waals surface area (Å²) < 4.78 is 0. The topological polar surface area (TPSA) is 62.9 Å². The van der Waals surface area contributed by atoms with Gasteiger partial charge >= 0.3 is 0 Å². The SMILES string of the molecule is N#Cc1ccc(CN(Cc2ccc(C#N)cc2)CC2CCCNC2)cc1. The minimum atomic E-state index is 0.667. The fourth-order valence-electron chi connectivity index (χ4n) is 3.52. The molecular formula is C22H24N4. The Kier molecular flexibility index (Phi) is 6.39. The smallest absolute Gasteiger partial charge is 0.0991 e. The average molecular weight is 344 g/mol. The highest BCUT2D eigenvalue weighted by Gasteiger charge is 2.17. The Morgan fingerprint density at radius 3 is 1.85 bits per heavy atom. The lowest BCUT2D eigenvalue weighted by atomic mass is 9.98. The predicted octanol–water partition coefficient (Wildman–Crippen LogP) is 3.43. The molecular weight excluding hydrogens is 320 g/mol. The van der Waals surface area contributed by atoms with E-state index < -0.39 is 0 Å². The minimum absolute atomic E-state index is 0.667. The molecule has 0 radical (unpaired) electrons. The van der Waals surface area contributed by atoms with Crippen LogP contribution in [0.3, 0.4) is 0 Å². The number of nitrogens with one attached hydrogen (secondary N) is 1. The Hall–Kier alpha value is -2.66. The molecule has 0 spiro atoms. The van der Waals surface area contributed by atoms with Gasteiger partial charge in [-0.3, -0.25) is 4.90 Å². The Labute approximate surface area is 155 Å². The molecule has 1 fully saturated rings. The van der Waals surface area contributed by atoms with E-state index in [9.17, 15) is 0 Å². The zero-order valence-corrected chi connectivity index (χ0v) is 15.0. The third-order valence-electron chi connectivity index (χ3n) is 4.89. The van der Waals surface area contributed by atoms with Gasteiger partial charge in [-0.15, -0.1) is 0 Å². The quantitative estimate of drug-likeness (QED) is 0.872. The third-order valence-corrected chi connectivity index (χ3v) is 4.89. The molecule has 0 saturated carbocycles. The lowest BCUT2D eigenvalue weighted by Gasteiger charge is -2.30. The van der Waals surface area contributed by atoms with Gasteiger partial charge in [-0.25, -0.2) is 0 Å². The fraction of sp³-hybridized carbons (Fsp3) is 0.364. The van der Waals surface area contributed by atoms with Crippen molar-refractivity contribution in [1.82, 2.24) is 10.2 Å². The summed E-state index contributed by atoms with van der Waals surface area (Å²) in [6.07, 6.45) is 2.51. The number of benzene rings is 2. The van der Waals surface area contributed by atoms with Crippen LogP contribution in [-0.4, -0.2) is 24.5 Å². The molecule has 1 aliphatic heterocycles. The van der Waals surface area contributed by atoms with Crippen molar-refractivity contribution in [3.63, 3.8) is 0 Å². The number of piperidine rings is 1. The molecule has 0 aliphatic carbocycles. The van der Waals surface area contributed by atoms with Gasteiger partial charge in [0.25, 0.3) is 0 Å². The molecule has 0 bridgehead atoms. The standard InChI is InChI=1S/C22H24N4/c23-12-18-3-7-20(8-4-18)15-26(17-22-2-1-11-25-14-22)16-21-9-5-19(13-24)6-10-21/h3-10,22,25H,1-2,11,14-17H2. The molecule has 1 N–H and O–H groups in total. The predicted molar refractivity (Wildman–Crippen MR) is 102 cm³/mol. The van der Waals surface area contributed by atoms with E-state index in [1.54, 1.807) is 0 Å². The largest absolute Gasteiger partial charge is 0.316 e. The van der Waals surface area contributed by atoms with Gasteiger partial charge in [-0.05, 0) is 67.2 Å². The lowest BCUT2D eigenvalue weighted by molar-refractivity contribution is 0.194. The van der Waals surface area contributed by atoms with Crippen molar-refractivity contribution in [2.45, 2.75) is 25.9 Å². The molecule has 132 valence electrons. The van der Waals surface area contributed by atoms with E-state index in [0.29, 0.717) is 17.0 Å². The molecule has 2 aromatic rings. The minimum Gasteiger partial charge on any atom is -0.316 e. The summed E-state index contributed by atoms with van der Waals surface area (Å²) >= 11 is 0. The van der Waals surface area contributed by atoms with E-state index in [1.807, 2.05) is 48.5 Å². The maximum atomic E-state index is 8.97. The van der Waals surface area contributed by atoms with E-state index in [1.165, 1.54) is 24.0 Å². The molecule has 0 amide bonds. The number of hydrogen-bond donors (Lipinski definition) is 1. The van der Waals surface area contributed by atoms with Crippen LogP contribution in [-0.2, 0) is 13.1 Å². The van der Waals surface area contributed by atoms with Gasteiger partial charge in [0, 0.05) is 19.6 Å². The number of hydrogen-bond acceptors (Lipinski definition) is 4. The first-order valence-corrected chi connectivity index (χ1v) is 9.18. The van der Waals surface area contributed by atoms with E-state index in [-0.39, 0.29) is 0 Å². The Bertz CT molecular complexity index is 715. The van der Waals surface area contributed by atoms with Crippen LogP contribution in [0, 0.1) is 28.6 Å². The second-order valence-corrected chi connectivity index (χ2v) is 7.00. The summed E-state index contributed by atoms with van der Waals surface area (Å²) in [4.78, 5) is 2.47. The van der Waals surface area contributed by atoms with Gasteiger partial charge < -0.3 is 5.32 Å². The molecule has 1 atom stereocenters. The highest BCUT2D eigenvalue weighted by molar-refractivity contribution is 5.32. The van der Waals surface area contributed by atoms with Crippen molar-refractivity contribution in [1.29, 1.82) is 10.5 Å². The van der Waals surface area contributed by atoms with Crippen molar-refractivity contribution >= 4 is 0 Å². The first kappa shape index (κ1) is 18.1. The first-order chi connectivity index (χ1) is 12.8. The molecule has 2 aromatic carbocycles. The molecule has 26 heavy (non-hydrogen) atoms. The molecule has 4 heteroatoms. The second-order valence-electron chi connectivity index (χ2n) is 7.00. The maximum Gasteiger partial charge on any atom is 0.0991 e. The summed E-state index contributed by atoms with van der Waals surface area (Å²) in [5.74, 6) is 0.667. The van der Waals surface area contributed by atoms with Gasteiger partial charge in [0.1, 0.15) is 0 Å². The average Bonchev–Trinajstić information content (AvgIpc) is 2.70. The monoisotopic (exact) mass is 344 g/mol. The molecule has 3 rings (SSSR count). The van der Waals surface area contributed by atoms with Gasteiger partial charge in [-0.2, -0.15) is 10.5 Å².